The Kier molecular flexibility index (Phi) is 4.06. The van der Waals surface area contributed by atoms with Crippen LogP contribution in [0.15, 0.2) is 24.3 Å². The first-order valence-corrected chi connectivity index (χ1v) is 6.77. The van der Waals surface area contributed by atoms with E-state index in [-0.39, 0.29) is 0 Å². The summed E-state index contributed by atoms with van der Waals surface area (Å²) in [6.45, 7) is 6.39. The smallest absolute Gasteiger partial charge is 0.0414 e. The van der Waals surface area contributed by atoms with Gasteiger partial charge in [-0.05, 0) is 36.8 Å². The van der Waals surface area contributed by atoms with Crippen LogP contribution < -0.4 is 10.6 Å². The van der Waals surface area contributed by atoms with Gasteiger partial charge in [0.25, 0.3) is 0 Å². The van der Waals surface area contributed by atoms with Gasteiger partial charge in [-0.2, -0.15) is 0 Å². The molecule has 1 aliphatic rings. The van der Waals surface area contributed by atoms with E-state index in [1.807, 2.05) is 0 Å². The van der Waals surface area contributed by atoms with E-state index in [0.717, 1.165) is 12.0 Å². The second-order valence-corrected chi connectivity index (χ2v) is 5.44. The largest absolute Gasteiger partial charge is 0.368 e. The molecule has 1 saturated carbocycles. The molecule has 0 aliphatic heterocycles. The Hall–Kier alpha value is -1.02. The number of rotatable bonds is 6. The van der Waals surface area contributed by atoms with Gasteiger partial charge in [0.2, 0.25) is 0 Å². The molecule has 2 rings (SSSR count). The Bertz CT molecular complexity index is 356. The van der Waals surface area contributed by atoms with Gasteiger partial charge in [0.15, 0.2) is 0 Å². The van der Waals surface area contributed by atoms with Crippen LogP contribution in [0.3, 0.4) is 0 Å². The number of nitrogens with two attached hydrogens (primary N) is 1. The fourth-order valence-corrected chi connectivity index (χ4v) is 2.25. The zero-order chi connectivity index (χ0) is 12.3. The maximum Gasteiger partial charge on any atom is 0.0414 e. The Morgan fingerprint density at radius 1 is 1.29 bits per heavy atom. The number of nitrogens with zero attached hydrogens (tertiary/aromatic N) is 1. The van der Waals surface area contributed by atoms with Crippen molar-refractivity contribution in [2.75, 3.05) is 11.4 Å². The van der Waals surface area contributed by atoms with Crippen molar-refractivity contribution in [1.29, 1.82) is 0 Å². The maximum absolute atomic E-state index is 5.84. The highest BCUT2D eigenvalue weighted by molar-refractivity contribution is 5.55. The van der Waals surface area contributed by atoms with Gasteiger partial charge in [-0.25, -0.2) is 0 Å². The van der Waals surface area contributed by atoms with Crippen molar-refractivity contribution in [1.82, 2.24) is 0 Å². The minimum absolute atomic E-state index is 0.640. The van der Waals surface area contributed by atoms with Crippen molar-refractivity contribution in [2.24, 2.45) is 11.7 Å². The van der Waals surface area contributed by atoms with E-state index in [1.54, 1.807) is 0 Å². The van der Waals surface area contributed by atoms with E-state index in [1.165, 1.54) is 37.1 Å². The average Bonchev–Trinajstić information content (AvgIpc) is 3.14. The standard InChI is InChI=1S/C15H24N2/c1-12(2)9-10-17(14-7-8-14)15-6-4-3-5-13(15)11-16/h3-6,12,14H,7-11,16H2,1-2H3. The van der Waals surface area contributed by atoms with Gasteiger partial charge in [-0.3, -0.25) is 0 Å². The van der Waals surface area contributed by atoms with Gasteiger partial charge >= 0.3 is 0 Å². The third kappa shape index (κ3) is 3.22. The van der Waals surface area contributed by atoms with Crippen LogP contribution in [0.5, 0.6) is 0 Å². The van der Waals surface area contributed by atoms with Crippen LogP contribution in [0, 0.1) is 5.92 Å². The summed E-state index contributed by atoms with van der Waals surface area (Å²) in [7, 11) is 0. The van der Waals surface area contributed by atoms with Gasteiger partial charge in [-0.1, -0.05) is 32.0 Å². The Morgan fingerprint density at radius 2 is 2.00 bits per heavy atom. The minimum atomic E-state index is 0.640. The van der Waals surface area contributed by atoms with Crippen LogP contribution in [0.25, 0.3) is 0 Å². The van der Waals surface area contributed by atoms with E-state index in [9.17, 15) is 0 Å². The molecule has 1 aliphatic carbocycles. The highest BCUT2D eigenvalue weighted by atomic mass is 15.2. The van der Waals surface area contributed by atoms with E-state index >= 15 is 0 Å². The van der Waals surface area contributed by atoms with Gasteiger partial charge in [-0.15, -0.1) is 0 Å². The van der Waals surface area contributed by atoms with E-state index in [4.69, 9.17) is 5.73 Å². The van der Waals surface area contributed by atoms with Gasteiger partial charge in [0.1, 0.15) is 0 Å². The van der Waals surface area contributed by atoms with Crippen LogP contribution in [0.2, 0.25) is 0 Å². The summed E-state index contributed by atoms with van der Waals surface area (Å²) in [4.78, 5) is 2.57. The maximum atomic E-state index is 5.84. The number of benzene rings is 1. The summed E-state index contributed by atoms with van der Waals surface area (Å²) in [5.74, 6) is 0.765. The van der Waals surface area contributed by atoms with E-state index in [2.05, 4.69) is 43.0 Å². The first-order chi connectivity index (χ1) is 8.22. The molecule has 2 N–H and O–H groups in total. The molecular weight excluding hydrogens is 208 g/mol. The first-order valence-electron chi connectivity index (χ1n) is 6.77. The van der Waals surface area contributed by atoms with Crippen molar-refractivity contribution in [3.63, 3.8) is 0 Å². The van der Waals surface area contributed by atoms with Crippen LogP contribution in [0.4, 0.5) is 5.69 Å². The summed E-state index contributed by atoms with van der Waals surface area (Å²) in [5, 5.41) is 0. The molecule has 0 atom stereocenters. The van der Waals surface area contributed by atoms with Gasteiger partial charge in [0, 0.05) is 24.8 Å². The molecule has 0 spiro atoms. The normalized spacial score (nSPS) is 15.3. The molecule has 0 unspecified atom stereocenters. The zero-order valence-corrected chi connectivity index (χ0v) is 11.0. The SMILES string of the molecule is CC(C)CCN(c1ccccc1CN)C1CC1. The topological polar surface area (TPSA) is 29.3 Å². The van der Waals surface area contributed by atoms with E-state index < -0.39 is 0 Å². The molecule has 1 aromatic carbocycles. The minimum Gasteiger partial charge on any atom is -0.368 e. The molecule has 2 nitrogen and oxygen atoms in total. The summed E-state index contributed by atoms with van der Waals surface area (Å²) < 4.78 is 0. The third-order valence-electron chi connectivity index (χ3n) is 3.46. The summed E-state index contributed by atoms with van der Waals surface area (Å²) in [6.07, 6.45) is 3.95. The predicted octanol–water partition coefficient (Wildman–Crippen LogP) is 3.16. The highest BCUT2D eigenvalue weighted by Crippen LogP contribution is 2.33. The molecule has 0 amide bonds. The van der Waals surface area contributed by atoms with Gasteiger partial charge in [0.05, 0.1) is 0 Å². The lowest BCUT2D eigenvalue weighted by molar-refractivity contribution is 0.570. The molecule has 0 radical (unpaired) electrons. The lowest BCUT2D eigenvalue weighted by Gasteiger charge is -2.27. The third-order valence-corrected chi connectivity index (χ3v) is 3.46. The molecule has 1 fully saturated rings. The first kappa shape index (κ1) is 12.4. The monoisotopic (exact) mass is 232 g/mol. The molecule has 0 aromatic heterocycles. The summed E-state index contributed by atoms with van der Waals surface area (Å²) in [6, 6.07) is 9.35. The van der Waals surface area contributed by atoms with Crippen molar-refractivity contribution in [3.05, 3.63) is 29.8 Å². The van der Waals surface area contributed by atoms with E-state index in [0.29, 0.717) is 6.54 Å². The highest BCUT2D eigenvalue weighted by Gasteiger charge is 2.29. The molecule has 0 saturated heterocycles. The Morgan fingerprint density at radius 3 is 2.59 bits per heavy atom. The van der Waals surface area contributed by atoms with Crippen LogP contribution in [-0.2, 0) is 6.54 Å². The number of hydrogen-bond donors (Lipinski definition) is 1. The van der Waals surface area contributed by atoms with Gasteiger partial charge < -0.3 is 10.6 Å². The van der Waals surface area contributed by atoms with Crippen molar-refractivity contribution in [2.45, 2.75) is 45.7 Å². The molecule has 94 valence electrons. The zero-order valence-electron chi connectivity index (χ0n) is 11.0. The fourth-order valence-electron chi connectivity index (χ4n) is 2.25. The average molecular weight is 232 g/mol. The Labute approximate surface area is 105 Å². The van der Waals surface area contributed by atoms with Crippen LogP contribution >= 0.6 is 0 Å². The molecule has 1 aromatic rings. The number of anilines is 1. The second-order valence-electron chi connectivity index (χ2n) is 5.44. The fraction of sp³-hybridized carbons (Fsp3) is 0.600. The van der Waals surface area contributed by atoms with Crippen LogP contribution in [0.1, 0.15) is 38.7 Å². The van der Waals surface area contributed by atoms with Crippen molar-refractivity contribution >= 4 is 5.69 Å². The molecule has 0 heterocycles. The lowest BCUT2D eigenvalue weighted by Crippen LogP contribution is -2.29. The van der Waals surface area contributed by atoms with Crippen molar-refractivity contribution in [3.8, 4) is 0 Å². The van der Waals surface area contributed by atoms with Crippen molar-refractivity contribution < 1.29 is 0 Å². The number of hydrogen-bond acceptors (Lipinski definition) is 2. The van der Waals surface area contributed by atoms with Crippen LogP contribution in [-0.4, -0.2) is 12.6 Å². The quantitative estimate of drug-likeness (QED) is 0.816. The predicted molar refractivity (Wildman–Crippen MR) is 74.2 cm³/mol. The summed E-state index contributed by atoms with van der Waals surface area (Å²) >= 11 is 0. The second kappa shape index (κ2) is 5.54. The lowest BCUT2D eigenvalue weighted by atomic mass is 10.1. The molecule has 17 heavy (non-hydrogen) atoms. The number of para-hydroxylation sites is 1. The molecule has 2 heteroatoms. The molecule has 0 bridgehead atoms. The molecular formula is C15H24N2. The summed E-state index contributed by atoms with van der Waals surface area (Å²) in [5.41, 5.74) is 8.48. The Balaban J connectivity index is 2.14.